The highest BCUT2D eigenvalue weighted by Crippen LogP contribution is 2.22. The lowest BCUT2D eigenvalue weighted by Gasteiger charge is -2.18. The van der Waals surface area contributed by atoms with Crippen molar-refractivity contribution in [1.29, 1.82) is 0 Å². The van der Waals surface area contributed by atoms with Crippen LogP contribution in [0.2, 0.25) is 0 Å². The molecule has 0 bridgehead atoms. The van der Waals surface area contributed by atoms with Gasteiger partial charge in [0.1, 0.15) is 5.82 Å². The second kappa shape index (κ2) is 8.04. The number of aromatic nitrogens is 2. The number of rotatable bonds is 9. The molecule has 1 aromatic rings. The van der Waals surface area contributed by atoms with E-state index in [4.69, 9.17) is 5.73 Å². The maximum Gasteiger partial charge on any atom is 0.148 e. The zero-order chi connectivity index (χ0) is 14.3. The molecule has 0 atom stereocenters. The predicted octanol–water partition coefficient (Wildman–Crippen LogP) is 2.33. The number of nitrogens with zero attached hydrogens (tertiary/aromatic N) is 3. The minimum atomic E-state index is 0.788. The molecule has 5 heteroatoms. The molecule has 5 nitrogen and oxygen atoms in total. The van der Waals surface area contributed by atoms with Gasteiger partial charge in [-0.15, -0.1) is 0 Å². The number of nitrogens with one attached hydrogen (secondary N) is 1. The highest BCUT2D eigenvalue weighted by Gasteiger charge is 2.11. The van der Waals surface area contributed by atoms with Crippen LogP contribution in [0.15, 0.2) is 0 Å². The molecule has 1 aromatic heterocycles. The summed E-state index contributed by atoms with van der Waals surface area (Å²) in [6.07, 6.45) is 2.19. The van der Waals surface area contributed by atoms with E-state index in [-0.39, 0.29) is 0 Å². The number of hydrogen-bond donors (Lipinski definition) is 2. The van der Waals surface area contributed by atoms with Crippen LogP contribution in [-0.2, 0) is 6.54 Å². The van der Waals surface area contributed by atoms with E-state index in [1.807, 2.05) is 11.6 Å². The second-order valence-corrected chi connectivity index (χ2v) is 4.88. The van der Waals surface area contributed by atoms with Gasteiger partial charge in [0.2, 0.25) is 0 Å². The van der Waals surface area contributed by atoms with Gasteiger partial charge in [0.15, 0.2) is 0 Å². The Morgan fingerprint density at radius 3 is 2.53 bits per heavy atom. The van der Waals surface area contributed by atoms with E-state index in [0.717, 1.165) is 62.8 Å². The molecule has 0 saturated heterocycles. The van der Waals surface area contributed by atoms with Gasteiger partial charge in [0.05, 0.1) is 11.4 Å². The maximum absolute atomic E-state index is 6.07. The molecule has 0 amide bonds. The lowest BCUT2D eigenvalue weighted by atomic mass is 10.3. The highest BCUT2D eigenvalue weighted by atomic mass is 15.3. The Morgan fingerprint density at radius 1 is 1.26 bits per heavy atom. The van der Waals surface area contributed by atoms with Crippen molar-refractivity contribution < 1.29 is 0 Å². The molecule has 1 heterocycles. The monoisotopic (exact) mass is 267 g/mol. The van der Waals surface area contributed by atoms with Crippen LogP contribution in [0.3, 0.4) is 0 Å². The van der Waals surface area contributed by atoms with Crippen LogP contribution in [0.4, 0.5) is 11.5 Å². The van der Waals surface area contributed by atoms with E-state index in [9.17, 15) is 0 Å². The van der Waals surface area contributed by atoms with Crippen LogP contribution in [0.5, 0.6) is 0 Å². The number of nitrogens with two attached hydrogens (primary N) is 1. The van der Waals surface area contributed by atoms with Gasteiger partial charge in [0.25, 0.3) is 0 Å². The molecule has 0 aliphatic heterocycles. The fraction of sp³-hybridized carbons (Fsp3) is 0.786. The molecule has 19 heavy (non-hydrogen) atoms. The van der Waals surface area contributed by atoms with E-state index < -0.39 is 0 Å². The quantitative estimate of drug-likeness (QED) is 0.674. The fourth-order valence-corrected chi connectivity index (χ4v) is 2.20. The molecule has 0 spiro atoms. The van der Waals surface area contributed by atoms with Crippen molar-refractivity contribution >= 4 is 11.5 Å². The Labute approximate surface area is 117 Å². The first-order valence-corrected chi connectivity index (χ1v) is 7.43. The standard InChI is InChI=1S/C14H29N5/c1-5-10-19-14(13(15)12(4)17-19)16-9-8-11-18(6-2)7-3/h16H,5-11,15H2,1-4H3. The molecular weight excluding hydrogens is 238 g/mol. The van der Waals surface area contributed by atoms with Crippen LogP contribution in [0.1, 0.15) is 39.3 Å². The van der Waals surface area contributed by atoms with Crippen LogP contribution < -0.4 is 11.1 Å². The molecule has 1 rings (SSSR count). The van der Waals surface area contributed by atoms with Gasteiger partial charge in [0, 0.05) is 13.1 Å². The Bertz CT molecular complexity index is 368. The first kappa shape index (κ1) is 15.8. The molecule has 0 unspecified atom stereocenters. The highest BCUT2D eigenvalue weighted by molar-refractivity contribution is 5.64. The van der Waals surface area contributed by atoms with Gasteiger partial charge in [-0.1, -0.05) is 20.8 Å². The van der Waals surface area contributed by atoms with Crippen molar-refractivity contribution in [3.63, 3.8) is 0 Å². The van der Waals surface area contributed by atoms with E-state index in [0.29, 0.717) is 0 Å². The first-order valence-electron chi connectivity index (χ1n) is 7.43. The zero-order valence-electron chi connectivity index (χ0n) is 12.9. The van der Waals surface area contributed by atoms with Crippen LogP contribution in [0.25, 0.3) is 0 Å². The third kappa shape index (κ3) is 4.42. The molecule has 0 aromatic carbocycles. The molecule has 0 radical (unpaired) electrons. The smallest absolute Gasteiger partial charge is 0.148 e. The molecule has 0 aliphatic carbocycles. The summed E-state index contributed by atoms with van der Waals surface area (Å²) in [4.78, 5) is 2.43. The van der Waals surface area contributed by atoms with Crippen molar-refractivity contribution in [2.24, 2.45) is 0 Å². The minimum Gasteiger partial charge on any atom is -0.394 e. The van der Waals surface area contributed by atoms with E-state index in [1.165, 1.54) is 0 Å². The Hall–Kier alpha value is -1.23. The summed E-state index contributed by atoms with van der Waals surface area (Å²) in [5.74, 6) is 0.985. The van der Waals surface area contributed by atoms with Gasteiger partial charge in [-0.3, -0.25) is 0 Å². The van der Waals surface area contributed by atoms with E-state index >= 15 is 0 Å². The Kier molecular flexibility index (Phi) is 6.70. The summed E-state index contributed by atoms with van der Waals surface area (Å²) < 4.78 is 1.99. The number of hydrogen-bond acceptors (Lipinski definition) is 4. The van der Waals surface area contributed by atoms with E-state index in [1.54, 1.807) is 0 Å². The largest absolute Gasteiger partial charge is 0.394 e. The van der Waals surface area contributed by atoms with Crippen LogP contribution >= 0.6 is 0 Å². The van der Waals surface area contributed by atoms with Gasteiger partial charge < -0.3 is 16.0 Å². The minimum absolute atomic E-state index is 0.788. The van der Waals surface area contributed by atoms with Crippen LogP contribution in [-0.4, -0.2) is 40.9 Å². The van der Waals surface area contributed by atoms with Crippen molar-refractivity contribution in [3.05, 3.63) is 5.69 Å². The third-order valence-electron chi connectivity index (χ3n) is 3.45. The first-order chi connectivity index (χ1) is 9.13. The number of aryl methyl sites for hydroxylation is 2. The van der Waals surface area contributed by atoms with Crippen LogP contribution in [0, 0.1) is 6.92 Å². The summed E-state index contributed by atoms with van der Waals surface area (Å²) in [5, 5.41) is 7.90. The molecule has 3 N–H and O–H groups in total. The average Bonchev–Trinajstić information content (AvgIpc) is 2.67. The molecule has 0 saturated carbocycles. The molecule has 110 valence electrons. The van der Waals surface area contributed by atoms with Gasteiger partial charge in [-0.25, -0.2) is 4.68 Å². The molecular formula is C14H29N5. The SMILES string of the molecule is CCCn1nc(C)c(N)c1NCCCN(CC)CC. The topological polar surface area (TPSA) is 59.1 Å². The Balaban J connectivity index is 2.48. The average molecular weight is 267 g/mol. The zero-order valence-corrected chi connectivity index (χ0v) is 12.9. The van der Waals surface area contributed by atoms with Crippen molar-refractivity contribution in [3.8, 4) is 0 Å². The summed E-state index contributed by atoms with van der Waals surface area (Å²) in [6.45, 7) is 13.7. The summed E-state index contributed by atoms with van der Waals surface area (Å²) in [5.41, 5.74) is 7.78. The second-order valence-electron chi connectivity index (χ2n) is 4.88. The lowest BCUT2D eigenvalue weighted by Crippen LogP contribution is -2.25. The van der Waals surface area contributed by atoms with Crippen molar-refractivity contribution in [2.75, 3.05) is 37.2 Å². The normalized spacial score (nSPS) is 11.2. The summed E-state index contributed by atoms with van der Waals surface area (Å²) >= 11 is 0. The number of nitrogen functional groups attached to an aromatic ring is 1. The van der Waals surface area contributed by atoms with Gasteiger partial charge >= 0.3 is 0 Å². The maximum atomic E-state index is 6.07. The molecule has 0 aliphatic rings. The van der Waals surface area contributed by atoms with Crippen molar-refractivity contribution in [1.82, 2.24) is 14.7 Å². The number of anilines is 2. The summed E-state index contributed by atoms with van der Waals surface area (Å²) in [7, 11) is 0. The van der Waals surface area contributed by atoms with E-state index in [2.05, 4.69) is 36.1 Å². The predicted molar refractivity (Wildman–Crippen MR) is 82.6 cm³/mol. The van der Waals surface area contributed by atoms with Crippen molar-refractivity contribution in [2.45, 2.75) is 47.1 Å². The molecule has 0 fully saturated rings. The third-order valence-corrected chi connectivity index (χ3v) is 3.45. The van der Waals surface area contributed by atoms with Gasteiger partial charge in [-0.05, 0) is 39.4 Å². The Morgan fingerprint density at radius 2 is 1.95 bits per heavy atom. The van der Waals surface area contributed by atoms with Gasteiger partial charge in [-0.2, -0.15) is 5.10 Å². The fourth-order valence-electron chi connectivity index (χ4n) is 2.20. The summed E-state index contributed by atoms with van der Waals surface area (Å²) in [6, 6.07) is 0. The lowest BCUT2D eigenvalue weighted by molar-refractivity contribution is 0.303.